The zero-order valence-corrected chi connectivity index (χ0v) is 14.2. The van der Waals surface area contributed by atoms with Crippen molar-refractivity contribution in [1.82, 2.24) is 10.3 Å². The second-order valence-electron chi connectivity index (χ2n) is 6.44. The number of anilines is 2. The number of carbonyl (C=O) groups is 1. The molecule has 0 aromatic carbocycles. The van der Waals surface area contributed by atoms with Gasteiger partial charge in [-0.2, -0.15) is 26.3 Å². The molecule has 1 fully saturated rings. The highest BCUT2D eigenvalue weighted by molar-refractivity contribution is 5.98. The maximum Gasteiger partial charge on any atom is 0.420 e. The number of nitrogens with zero attached hydrogens (tertiary/aromatic N) is 2. The van der Waals surface area contributed by atoms with Crippen molar-refractivity contribution >= 4 is 17.4 Å². The normalized spacial score (nSPS) is 17.7. The van der Waals surface area contributed by atoms with Gasteiger partial charge in [0.15, 0.2) is 11.3 Å². The zero-order chi connectivity index (χ0) is 20.6. The van der Waals surface area contributed by atoms with E-state index < -0.39 is 53.2 Å². The quantitative estimate of drug-likeness (QED) is 0.675. The molecular formula is C15H18F6N4O2. The number of carbonyl (C=O) groups excluding carboxylic acids is 1. The van der Waals surface area contributed by atoms with Crippen LogP contribution in [0.2, 0.25) is 0 Å². The standard InChI is InChI=1S/C15H18F6N4O2/c1-13(27,15(19,20)21)7-23-12(26)10-9(22)6-8(14(16,17)18)11(24-10)25-4-2-3-5-25/h6,27H,2-5,7,22H2,1H3,(H,23,26). The molecule has 12 heteroatoms. The molecule has 2 rings (SSSR count). The number of aromatic nitrogens is 1. The second kappa shape index (κ2) is 7.06. The smallest absolute Gasteiger partial charge is 0.397 e. The van der Waals surface area contributed by atoms with E-state index in [2.05, 4.69) is 4.98 Å². The van der Waals surface area contributed by atoms with Gasteiger partial charge in [0, 0.05) is 13.1 Å². The van der Waals surface area contributed by atoms with Crippen LogP contribution in [0.5, 0.6) is 0 Å². The number of nitrogen functional groups attached to an aromatic ring is 1. The van der Waals surface area contributed by atoms with E-state index >= 15 is 0 Å². The van der Waals surface area contributed by atoms with Gasteiger partial charge < -0.3 is 21.1 Å². The van der Waals surface area contributed by atoms with Crippen molar-refractivity contribution in [2.75, 3.05) is 30.3 Å². The monoisotopic (exact) mass is 400 g/mol. The topological polar surface area (TPSA) is 91.5 Å². The van der Waals surface area contributed by atoms with Crippen LogP contribution < -0.4 is 16.0 Å². The van der Waals surface area contributed by atoms with Crippen molar-refractivity contribution in [3.8, 4) is 0 Å². The van der Waals surface area contributed by atoms with E-state index in [1.807, 2.05) is 5.32 Å². The molecule has 0 spiro atoms. The highest BCUT2D eigenvalue weighted by Crippen LogP contribution is 2.38. The lowest BCUT2D eigenvalue weighted by Gasteiger charge is -2.26. The lowest BCUT2D eigenvalue weighted by atomic mass is 10.1. The van der Waals surface area contributed by atoms with Crippen LogP contribution in [0, 0.1) is 0 Å². The Bertz CT molecular complexity index is 711. The minimum absolute atomic E-state index is 0.295. The van der Waals surface area contributed by atoms with Crippen LogP contribution in [0.4, 0.5) is 37.8 Å². The third kappa shape index (κ3) is 4.54. The van der Waals surface area contributed by atoms with Gasteiger partial charge in [-0.3, -0.25) is 4.79 Å². The van der Waals surface area contributed by atoms with Gasteiger partial charge in [0.2, 0.25) is 0 Å². The number of aliphatic hydroxyl groups is 1. The molecular weight excluding hydrogens is 382 g/mol. The van der Waals surface area contributed by atoms with Crippen LogP contribution in [0.15, 0.2) is 6.07 Å². The van der Waals surface area contributed by atoms with E-state index in [-0.39, 0.29) is 0 Å². The molecule has 1 atom stereocenters. The summed E-state index contributed by atoms with van der Waals surface area (Å²) in [4.78, 5) is 17.2. The highest BCUT2D eigenvalue weighted by Gasteiger charge is 2.50. The summed E-state index contributed by atoms with van der Waals surface area (Å²) in [5.41, 5.74) is -0.127. The van der Waals surface area contributed by atoms with Gasteiger partial charge >= 0.3 is 12.4 Å². The first kappa shape index (κ1) is 21.1. The molecule has 152 valence electrons. The van der Waals surface area contributed by atoms with Gasteiger partial charge in [-0.1, -0.05) is 0 Å². The van der Waals surface area contributed by atoms with Gasteiger partial charge in [-0.25, -0.2) is 4.98 Å². The number of rotatable bonds is 4. The third-order valence-electron chi connectivity index (χ3n) is 4.16. The van der Waals surface area contributed by atoms with E-state index in [1.54, 1.807) is 0 Å². The van der Waals surface area contributed by atoms with Crippen molar-refractivity contribution in [3.05, 3.63) is 17.3 Å². The molecule has 1 aromatic heterocycles. The summed E-state index contributed by atoms with van der Waals surface area (Å²) < 4.78 is 77.7. The number of nitrogens with two attached hydrogens (primary N) is 1. The van der Waals surface area contributed by atoms with Crippen molar-refractivity contribution in [1.29, 1.82) is 0 Å². The molecule has 27 heavy (non-hydrogen) atoms. The van der Waals surface area contributed by atoms with E-state index in [9.17, 15) is 36.2 Å². The average Bonchev–Trinajstić information content (AvgIpc) is 3.04. The van der Waals surface area contributed by atoms with Crippen molar-refractivity contribution in [3.63, 3.8) is 0 Å². The summed E-state index contributed by atoms with van der Waals surface area (Å²) in [6.45, 7) is -0.170. The van der Waals surface area contributed by atoms with Gasteiger partial charge in [-0.05, 0) is 25.8 Å². The molecule has 0 aliphatic carbocycles. The Kier molecular flexibility index (Phi) is 5.51. The average molecular weight is 400 g/mol. The first-order chi connectivity index (χ1) is 12.2. The number of pyridine rings is 1. The minimum Gasteiger partial charge on any atom is -0.397 e. The molecule has 1 amide bonds. The molecule has 1 aromatic rings. The maximum atomic E-state index is 13.3. The lowest BCUT2D eigenvalue weighted by Crippen LogP contribution is -2.51. The largest absolute Gasteiger partial charge is 0.420 e. The molecule has 1 saturated heterocycles. The molecule has 1 unspecified atom stereocenters. The fourth-order valence-electron chi connectivity index (χ4n) is 2.52. The van der Waals surface area contributed by atoms with Crippen LogP contribution in [-0.4, -0.2) is 47.4 Å². The molecule has 1 aliphatic rings. The molecule has 0 saturated carbocycles. The number of nitrogens with one attached hydrogen (secondary N) is 1. The Hall–Kier alpha value is -2.24. The van der Waals surface area contributed by atoms with Gasteiger partial charge in [0.05, 0.1) is 12.2 Å². The van der Waals surface area contributed by atoms with Crippen molar-refractivity contribution in [2.24, 2.45) is 0 Å². The number of alkyl halides is 6. The van der Waals surface area contributed by atoms with Crippen LogP contribution in [0.3, 0.4) is 0 Å². The van der Waals surface area contributed by atoms with Gasteiger partial charge in [0.25, 0.3) is 5.91 Å². The molecule has 6 nitrogen and oxygen atoms in total. The number of hydrogen-bond donors (Lipinski definition) is 3. The Morgan fingerprint density at radius 2 is 1.81 bits per heavy atom. The lowest BCUT2D eigenvalue weighted by molar-refractivity contribution is -0.249. The number of amides is 1. The molecule has 2 heterocycles. The summed E-state index contributed by atoms with van der Waals surface area (Å²) in [5.74, 6) is -1.71. The maximum absolute atomic E-state index is 13.3. The molecule has 0 radical (unpaired) electrons. The van der Waals surface area contributed by atoms with Crippen LogP contribution in [0.1, 0.15) is 35.8 Å². The third-order valence-corrected chi connectivity index (χ3v) is 4.16. The fraction of sp³-hybridized carbons (Fsp3) is 0.600. The van der Waals surface area contributed by atoms with E-state index in [0.29, 0.717) is 38.9 Å². The first-order valence-corrected chi connectivity index (χ1v) is 7.94. The molecule has 1 aliphatic heterocycles. The fourth-order valence-corrected chi connectivity index (χ4v) is 2.52. The molecule has 4 N–H and O–H groups in total. The minimum atomic E-state index is -5.01. The van der Waals surface area contributed by atoms with Crippen molar-refractivity contribution < 1.29 is 36.2 Å². The zero-order valence-electron chi connectivity index (χ0n) is 14.2. The van der Waals surface area contributed by atoms with Crippen LogP contribution in [-0.2, 0) is 6.18 Å². The number of hydrogen-bond acceptors (Lipinski definition) is 5. The first-order valence-electron chi connectivity index (χ1n) is 7.94. The van der Waals surface area contributed by atoms with Crippen LogP contribution >= 0.6 is 0 Å². The highest BCUT2D eigenvalue weighted by atomic mass is 19.4. The van der Waals surface area contributed by atoms with E-state index in [0.717, 1.165) is 0 Å². The summed E-state index contributed by atoms with van der Waals surface area (Å²) in [6, 6.07) is 0.539. The predicted octanol–water partition coefficient (Wildman–Crippen LogP) is 2.33. The van der Waals surface area contributed by atoms with E-state index in [4.69, 9.17) is 5.73 Å². The van der Waals surface area contributed by atoms with Crippen molar-refractivity contribution in [2.45, 2.75) is 37.7 Å². The molecule has 0 bridgehead atoms. The second-order valence-corrected chi connectivity index (χ2v) is 6.44. The van der Waals surface area contributed by atoms with Crippen LogP contribution in [0.25, 0.3) is 0 Å². The summed E-state index contributed by atoms with van der Waals surface area (Å²) in [6.07, 6.45) is -8.51. The van der Waals surface area contributed by atoms with E-state index in [1.165, 1.54) is 4.90 Å². The number of halogens is 6. The Morgan fingerprint density at radius 1 is 1.26 bits per heavy atom. The Labute approximate surface area is 150 Å². The summed E-state index contributed by atoms with van der Waals surface area (Å²) in [7, 11) is 0. The summed E-state index contributed by atoms with van der Waals surface area (Å²) >= 11 is 0. The summed E-state index contributed by atoms with van der Waals surface area (Å²) in [5, 5.41) is 11.2. The van der Waals surface area contributed by atoms with Gasteiger partial charge in [0.1, 0.15) is 11.4 Å². The Morgan fingerprint density at radius 3 is 2.30 bits per heavy atom. The van der Waals surface area contributed by atoms with Gasteiger partial charge in [-0.15, -0.1) is 0 Å². The Balaban J connectivity index is 2.34. The SMILES string of the molecule is CC(O)(CNC(=O)c1nc(N2CCCC2)c(C(F)(F)F)cc1N)C(F)(F)F. The predicted molar refractivity (Wildman–Crippen MR) is 84.1 cm³/mol.